The van der Waals surface area contributed by atoms with Gasteiger partial charge in [0.2, 0.25) is 5.91 Å². The second-order valence-electron chi connectivity index (χ2n) is 7.92. The van der Waals surface area contributed by atoms with Crippen molar-refractivity contribution in [3.63, 3.8) is 0 Å². The first-order chi connectivity index (χ1) is 14.1. The van der Waals surface area contributed by atoms with Gasteiger partial charge in [0, 0.05) is 44.7 Å². The lowest BCUT2D eigenvalue weighted by atomic mass is 10.1. The number of alkyl carbamates (subject to hydrolysis) is 1. The molecule has 0 saturated carbocycles. The molecule has 0 unspecified atom stereocenters. The minimum atomic E-state index is -0.579. The highest BCUT2D eigenvalue weighted by atomic mass is 16.6. The van der Waals surface area contributed by atoms with Crippen LogP contribution in [-0.2, 0) is 9.53 Å². The Morgan fingerprint density at radius 2 is 1.57 bits per heavy atom. The maximum Gasteiger partial charge on any atom is 0.407 e. The van der Waals surface area contributed by atoms with Gasteiger partial charge in [-0.15, -0.1) is 0 Å². The minimum Gasteiger partial charge on any atom is -0.493 e. The van der Waals surface area contributed by atoms with Crippen molar-refractivity contribution in [3.05, 3.63) is 23.8 Å². The molecule has 1 fully saturated rings. The summed E-state index contributed by atoms with van der Waals surface area (Å²) in [5.41, 5.74) is -0.0702. The molecule has 2 rings (SSSR count). The van der Waals surface area contributed by atoms with E-state index < -0.39 is 11.7 Å². The van der Waals surface area contributed by atoms with Gasteiger partial charge >= 0.3 is 6.09 Å². The number of hydrogen-bond donors (Lipinski definition) is 1. The highest BCUT2D eigenvalue weighted by molar-refractivity contribution is 5.95. The van der Waals surface area contributed by atoms with E-state index in [0.717, 1.165) is 0 Å². The molecule has 0 aliphatic carbocycles. The zero-order valence-corrected chi connectivity index (χ0v) is 18.3. The molecular weight excluding hydrogens is 390 g/mol. The van der Waals surface area contributed by atoms with E-state index in [1.807, 2.05) is 0 Å². The zero-order chi connectivity index (χ0) is 22.3. The van der Waals surface area contributed by atoms with Crippen LogP contribution in [0.1, 0.15) is 37.6 Å². The topological polar surface area (TPSA) is 97.4 Å². The van der Waals surface area contributed by atoms with Crippen LogP contribution in [0.2, 0.25) is 0 Å². The molecule has 1 saturated heterocycles. The molecule has 166 valence electrons. The summed E-state index contributed by atoms with van der Waals surface area (Å²) in [5, 5.41) is 2.58. The first-order valence-electron chi connectivity index (χ1n) is 9.90. The predicted octanol–water partition coefficient (Wildman–Crippen LogP) is 1.90. The number of hydrogen-bond acceptors (Lipinski definition) is 6. The Kier molecular flexibility index (Phi) is 7.91. The number of benzene rings is 1. The van der Waals surface area contributed by atoms with E-state index in [9.17, 15) is 14.4 Å². The van der Waals surface area contributed by atoms with Crippen molar-refractivity contribution in [2.75, 3.05) is 46.9 Å². The monoisotopic (exact) mass is 421 g/mol. The molecule has 9 heteroatoms. The molecule has 9 nitrogen and oxygen atoms in total. The molecular formula is C21H31N3O6. The van der Waals surface area contributed by atoms with Gasteiger partial charge in [-0.25, -0.2) is 4.79 Å². The minimum absolute atomic E-state index is 0.0655. The van der Waals surface area contributed by atoms with Crippen molar-refractivity contribution < 1.29 is 28.6 Å². The summed E-state index contributed by atoms with van der Waals surface area (Å²) in [6, 6.07) is 5.05. The quantitative estimate of drug-likeness (QED) is 0.754. The predicted molar refractivity (Wildman–Crippen MR) is 111 cm³/mol. The number of amides is 3. The second-order valence-corrected chi connectivity index (χ2v) is 7.92. The number of methoxy groups -OCH3 is 2. The Morgan fingerprint density at radius 3 is 2.13 bits per heavy atom. The smallest absolute Gasteiger partial charge is 0.407 e. The number of ether oxygens (including phenoxy) is 3. The zero-order valence-electron chi connectivity index (χ0n) is 18.3. The van der Waals surface area contributed by atoms with E-state index in [1.165, 1.54) is 7.11 Å². The van der Waals surface area contributed by atoms with Crippen LogP contribution in [0.4, 0.5) is 4.79 Å². The summed E-state index contributed by atoms with van der Waals surface area (Å²) in [7, 11) is 3.06. The first-order valence-corrected chi connectivity index (χ1v) is 9.90. The molecule has 1 aliphatic rings. The molecule has 1 aliphatic heterocycles. The van der Waals surface area contributed by atoms with Gasteiger partial charge in [0.15, 0.2) is 11.5 Å². The van der Waals surface area contributed by atoms with E-state index >= 15 is 0 Å². The van der Waals surface area contributed by atoms with Gasteiger partial charge in [0.25, 0.3) is 5.91 Å². The van der Waals surface area contributed by atoms with Crippen LogP contribution in [0.3, 0.4) is 0 Å². The SMILES string of the molecule is COc1ccc(C(=O)N2CCN(C(=O)CCNC(=O)OC(C)(C)C)CC2)cc1OC. The Bertz CT molecular complexity index is 766. The lowest BCUT2D eigenvalue weighted by Gasteiger charge is -2.35. The number of carbonyl (C=O) groups is 3. The third kappa shape index (κ3) is 6.53. The fraction of sp³-hybridized carbons (Fsp3) is 0.571. The van der Waals surface area contributed by atoms with Gasteiger partial charge < -0.3 is 29.3 Å². The molecule has 1 heterocycles. The maximum absolute atomic E-state index is 12.8. The summed E-state index contributed by atoms with van der Waals surface area (Å²) in [4.78, 5) is 40.2. The summed E-state index contributed by atoms with van der Waals surface area (Å²) in [5.74, 6) is 0.873. The van der Waals surface area contributed by atoms with E-state index in [1.54, 1.807) is 55.9 Å². The Hall–Kier alpha value is -2.97. The Labute approximate surface area is 177 Å². The summed E-state index contributed by atoms with van der Waals surface area (Å²) >= 11 is 0. The average molecular weight is 421 g/mol. The van der Waals surface area contributed by atoms with Gasteiger partial charge in [-0.1, -0.05) is 0 Å². The van der Waals surface area contributed by atoms with Crippen molar-refractivity contribution in [3.8, 4) is 11.5 Å². The first kappa shape index (κ1) is 23.3. The van der Waals surface area contributed by atoms with Crippen molar-refractivity contribution in [1.82, 2.24) is 15.1 Å². The van der Waals surface area contributed by atoms with E-state index in [2.05, 4.69) is 5.32 Å². The fourth-order valence-electron chi connectivity index (χ4n) is 3.05. The van der Waals surface area contributed by atoms with Gasteiger partial charge in [-0.2, -0.15) is 0 Å². The molecule has 0 aromatic heterocycles. The standard InChI is InChI=1S/C21H31N3O6/c1-21(2,3)30-20(27)22-9-8-18(25)23-10-12-24(13-11-23)19(26)15-6-7-16(28-4)17(14-15)29-5/h6-7,14H,8-13H2,1-5H3,(H,22,27). The Balaban J connectivity index is 1.81. The third-order valence-corrected chi connectivity index (χ3v) is 4.56. The lowest BCUT2D eigenvalue weighted by molar-refractivity contribution is -0.132. The van der Waals surface area contributed by atoms with Crippen LogP contribution in [0, 0.1) is 0 Å². The number of nitrogens with one attached hydrogen (secondary N) is 1. The molecule has 30 heavy (non-hydrogen) atoms. The van der Waals surface area contributed by atoms with E-state index in [-0.39, 0.29) is 24.8 Å². The number of piperazine rings is 1. The van der Waals surface area contributed by atoms with Crippen molar-refractivity contribution in [2.45, 2.75) is 32.8 Å². The van der Waals surface area contributed by atoms with E-state index in [4.69, 9.17) is 14.2 Å². The molecule has 1 N–H and O–H groups in total. The molecule has 0 atom stereocenters. The fourth-order valence-corrected chi connectivity index (χ4v) is 3.05. The Morgan fingerprint density at radius 1 is 0.967 bits per heavy atom. The molecule has 0 spiro atoms. The van der Waals surface area contributed by atoms with Crippen molar-refractivity contribution in [1.29, 1.82) is 0 Å². The highest BCUT2D eigenvalue weighted by Gasteiger charge is 2.25. The van der Waals surface area contributed by atoms with Crippen LogP contribution in [-0.4, -0.2) is 80.3 Å². The van der Waals surface area contributed by atoms with Crippen molar-refractivity contribution >= 4 is 17.9 Å². The van der Waals surface area contributed by atoms with Crippen molar-refractivity contribution in [2.24, 2.45) is 0 Å². The van der Waals surface area contributed by atoms with Crippen LogP contribution >= 0.6 is 0 Å². The summed E-state index contributed by atoms with van der Waals surface area (Å²) < 4.78 is 15.6. The third-order valence-electron chi connectivity index (χ3n) is 4.56. The lowest BCUT2D eigenvalue weighted by Crippen LogP contribution is -2.51. The molecule has 1 aromatic carbocycles. The summed E-state index contributed by atoms with van der Waals surface area (Å²) in [6.45, 7) is 7.32. The molecule has 3 amide bonds. The molecule has 0 radical (unpaired) electrons. The van der Waals surface area contributed by atoms with Gasteiger partial charge in [0.05, 0.1) is 14.2 Å². The van der Waals surface area contributed by atoms with Crippen LogP contribution < -0.4 is 14.8 Å². The summed E-state index contributed by atoms with van der Waals surface area (Å²) in [6.07, 6.45) is -0.358. The molecule has 0 bridgehead atoms. The second kappa shape index (κ2) is 10.2. The molecule has 1 aromatic rings. The number of nitrogens with zero attached hydrogens (tertiary/aromatic N) is 2. The highest BCUT2D eigenvalue weighted by Crippen LogP contribution is 2.28. The van der Waals surface area contributed by atoms with Crippen LogP contribution in [0.15, 0.2) is 18.2 Å². The van der Waals surface area contributed by atoms with Gasteiger partial charge in [-0.3, -0.25) is 9.59 Å². The largest absolute Gasteiger partial charge is 0.493 e. The van der Waals surface area contributed by atoms with Gasteiger partial charge in [0.1, 0.15) is 5.60 Å². The van der Waals surface area contributed by atoms with Crippen LogP contribution in [0.5, 0.6) is 11.5 Å². The number of carbonyl (C=O) groups excluding carboxylic acids is 3. The van der Waals surface area contributed by atoms with Crippen LogP contribution in [0.25, 0.3) is 0 Å². The van der Waals surface area contributed by atoms with Gasteiger partial charge in [-0.05, 0) is 39.0 Å². The van der Waals surface area contributed by atoms with E-state index in [0.29, 0.717) is 43.2 Å². The average Bonchev–Trinajstić information content (AvgIpc) is 2.71. The number of rotatable bonds is 6. The normalized spacial score (nSPS) is 14.2. The maximum atomic E-state index is 12.8.